The zero-order valence-electron chi connectivity index (χ0n) is 11.9. The van der Waals surface area contributed by atoms with Crippen molar-refractivity contribution in [2.24, 2.45) is 0 Å². The Kier molecular flexibility index (Phi) is 12.2. The van der Waals surface area contributed by atoms with Gasteiger partial charge < -0.3 is 15.3 Å². The van der Waals surface area contributed by atoms with Crippen molar-refractivity contribution in [1.82, 2.24) is 0 Å². The van der Waals surface area contributed by atoms with E-state index < -0.39 is 0 Å². The van der Waals surface area contributed by atoms with E-state index in [1.54, 1.807) is 36.4 Å². The van der Waals surface area contributed by atoms with Crippen molar-refractivity contribution in [1.29, 1.82) is 0 Å². The Hall–Kier alpha value is -1.59. The molecule has 0 aliphatic carbocycles. The normalized spacial score (nSPS) is 8.18. The molecular formula is C18H15NdO3. The average molecular weight is 424 g/mol. The largest absolute Gasteiger partial charge is 3.00 e. The van der Waals surface area contributed by atoms with E-state index in [0.29, 0.717) is 0 Å². The number of benzene rings is 3. The van der Waals surface area contributed by atoms with Crippen LogP contribution in [0, 0.1) is 40.8 Å². The van der Waals surface area contributed by atoms with Gasteiger partial charge in [0.1, 0.15) is 0 Å². The molecule has 0 saturated heterocycles. The van der Waals surface area contributed by atoms with Gasteiger partial charge in [-0.15, -0.1) is 17.2 Å². The van der Waals surface area contributed by atoms with Crippen LogP contribution in [-0.4, -0.2) is 0 Å². The molecule has 4 heteroatoms. The Morgan fingerprint density at radius 1 is 0.364 bits per heavy atom. The van der Waals surface area contributed by atoms with Crippen LogP contribution >= 0.6 is 0 Å². The first-order chi connectivity index (χ1) is 10.2. The van der Waals surface area contributed by atoms with Crippen LogP contribution in [0.1, 0.15) is 0 Å². The van der Waals surface area contributed by atoms with Crippen molar-refractivity contribution in [2.75, 3.05) is 0 Å². The van der Waals surface area contributed by atoms with Crippen molar-refractivity contribution >= 4 is 0 Å². The minimum absolute atomic E-state index is 0. The van der Waals surface area contributed by atoms with E-state index in [-0.39, 0.29) is 58.1 Å². The molecule has 109 valence electrons. The Morgan fingerprint density at radius 3 is 0.636 bits per heavy atom. The van der Waals surface area contributed by atoms with Crippen LogP contribution in [0.3, 0.4) is 0 Å². The number of para-hydroxylation sites is 3. The molecular weight excluding hydrogens is 408 g/mol. The molecule has 0 bridgehead atoms. The summed E-state index contributed by atoms with van der Waals surface area (Å²) < 4.78 is 0. The molecule has 1 radical (unpaired) electrons. The molecule has 0 aromatic heterocycles. The SMILES string of the molecule is [Nd+3].[O-]c1ccccc1.[O-]c1ccccc1.[O-]c1ccccc1. The molecule has 0 unspecified atom stereocenters. The smallest absolute Gasteiger partial charge is 0.872 e. The second-order valence-corrected chi connectivity index (χ2v) is 3.94. The third-order valence-electron chi connectivity index (χ3n) is 2.23. The van der Waals surface area contributed by atoms with Crippen molar-refractivity contribution < 1.29 is 56.2 Å². The standard InChI is InChI=1S/3C6H6O.Nd/c3*7-6-4-2-1-3-5-6;/h3*1-5,7H;/q;;;+3/p-3. The van der Waals surface area contributed by atoms with Gasteiger partial charge in [-0.2, -0.15) is 0 Å². The predicted molar refractivity (Wildman–Crippen MR) is 77.7 cm³/mol. The molecule has 22 heavy (non-hydrogen) atoms. The summed E-state index contributed by atoms with van der Waals surface area (Å²) in [5.41, 5.74) is 0. The molecule has 0 aliphatic heterocycles. The quantitative estimate of drug-likeness (QED) is 0.557. The van der Waals surface area contributed by atoms with Gasteiger partial charge >= 0.3 is 40.8 Å². The van der Waals surface area contributed by atoms with Gasteiger partial charge in [-0.05, 0) is 0 Å². The van der Waals surface area contributed by atoms with Crippen molar-refractivity contribution in [3.63, 3.8) is 0 Å². The zero-order valence-corrected chi connectivity index (χ0v) is 15.1. The Labute approximate surface area is 163 Å². The summed E-state index contributed by atoms with van der Waals surface area (Å²) in [4.78, 5) is 0. The van der Waals surface area contributed by atoms with E-state index in [2.05, 4.69) is 0 Å². The summed E-state index contributed by atoms with van der Waals surface area (Å²) in [7, 11) is 0. The molecule has 3 aromatic carbocycles. The zero-order chi connectivity index (χ0) is 15.3. The molecule has 0 fully saturated rings. The van der Waals surface area contributed by atoms with Gasteiger partial charge in [0, 0.05) is 0 Å². The Bertz CT molecular complexity index is 497. The molecule has 0 N–H and O–H groups in total. The van der Waals surface area contributed by atoms with Gasteiger partial charge in [-0.25, -0.2) is 0 Å². The summed E-state index contributed by atoms with van der Waals surface area (Å²) in [6.45, 7) is 0. The predicted octanol–water partition coefficient (Wildman–Crippen LogP) is 2.28. The fourth-order valence-electron chi connectivity index (χ4n) is 1.26. The van der Waals surface area contributed by atoms with Crippen LogP contribution in [0.4, 0.5) is 0 Å². The van der Waals surface area contributed by atoms with Gasteiger partial charge in [0.15, 0.2) is 0 Å². The summed E-state index contributed by atoms with van der Waals surface area (Å²) in [5, 5.41) is 30.8. The second kappa shape index (κ2) is 13.1. The first-order valence-electron chi connectivity index (χ1n) is 6.34. The van der Waals surface area contributed by atoms with Gasteiger partial charge in [0.2, 0.25) is 0 Å². The van der Waals surface area contributed by atoms with Crippen molar-refractivity contribution in [3.05, 3.63) is 91.0 Å². The van der Waals surface area contributed by atoms with Crippen LogP contribution in [0.15, 0.2) is 91.0 Å². The maximum absolute atomic E-state index is 10.3. The van der Waals surface area contributed by atoms with Crippen LogP contribution in [0.5, 0.6) is 17.2 Å². The van der Waals surface area contributed by atoms with E-state index in [0.717, 1.165) is 0 Å². The van der Waals surface area contributed by atoms with Crippen LogP contribution < -0.4 is 15.3 Å². The first kappa shape index (κ1) is 20.4. The third kappa shape index (κ3) is 11.1. The summed E-state index contributed by atoms with van der Waals surface area (Å²) in [6.07, 6.45) is 0. The first-order valence-corrected chi connectivity index (χ1v) is 6.34. The maximum atomic E-state index is 10.3. The molecule has 3 aromatic rings. The van der Waals surface area contributed by atoms with Crippen LogP contribution in [0.2, 0.25) is 0 Å². The molecule has 0 aliphatic rings. The van der Waals surface area contributed by atoms with E-state index in [9.17, 15) is 15.3 Å². The molecule has 3 rings (SSSR count). The van der Waals surface area contributed by atoms with Gasteiger partial charge in [-0.3, -0.25) is 0 Å². The van der Waals surface area contributed by atoms with Gasteiger partial charge in [-0.1, -0.05) is 91.0 Å². The molecule has 0 atom stereocenters. The second-order valence-electron chi connectivity index (χ2n) is 3.94. The van der Waals surface area contributed by atoms with Crippen molar-refractivity contribution in [2.45, 2.75) is 0 Å². The molecule has 0 heterocycles. The number of hydrogen-bond donors (Lipinski definition) is 0. The summed E-state index contributed by atoms with van der Waals surface area (Å²) >= 11 is 0. The minimum Gasteiger partial charge on any atom is -0.872 e. The molecule has 0 amide bonds. The van der Waals surface area contributed by atoms with Crippen molar-refractivity contribution in [3.8, 4) is 17.2 Å². The maximum Gasteiger partial charge on any atom is 3.00 e. The minimum atomic E-state index is 0. The van der Waals surface area contributed by atoms with E-state index >= 15 is 0 Å². The van der Waals surface area contributed by atoms with E-state index in [1.807, 2.05) is 18.2 Å². The fraction of sp³-hybridized carbons (Fsp3) is 0. The molecule has 0 saturated carbocycles. The summed E-state index contributed by atoms with van der Waals surface area (Å²) in [5.74, 6) is 0.215. The average Bonchev–Trinajstić information content (AvgIpc) is 2.51. The molecule has 3 nitrogen and oxygen atoms in total. The Balaban J connectivity index is 0.000000294. The number of rotatable bonds is 0. The van der Waals surface area contributed by atoms with Gasteiger partial charge in [0.25, 0.3) is 0 Å². The summed E-state index contributed by atoms with van der Waals surface area (Å²) in [6, 6.07) is 25.0. The molecule has 0 spiro atoms. The van der Waals surface area contributed by atoms with E-state index in [1.165, 1.54) is 36.4 Å². The fourth-order valence-corrected chi connectivity index (χ4v) is 1.26. The van der Waals surface area contributed by atoms with E-state index in [4.69, 9.17) is 0 Å². The Morgan fingerprint density at radius 2 is 0.545 bits per heavy atom. The van der Waals surface area contributed by atoms with Gasteiger partial charge in [0.05, 0.1) is 0 Å². The van der Waals surface area contributed by atoms with Crippen LogP contribution in [-0.2, 0) is 0 Å². The van der Waals surface area contributed by atoms with Crippen LogP contribution in [0.25, 0.3) is 0 Å². The number of hydrogen-bond acceptors (Lipinski definition) is 3. The monoisotopic (exact) mass is 421 g/mol. The third-order valence-corrected chi connectivity index (χ3v) is 2.23. The topological polar surface area (TPSA) is 69.2 Å².